The summed E-state index contributed by atoms with van der Waals surface area (Å²) in [6.45, 7) is 3.28. The Hall–Kier alpha value is -1.56. The maximum atomic E-state index is 11.4. The van der Waals surface area contributed by atoms with Crippen LogP contribution in [-0.2, 0) is 6.54 Å². The van der Waals surface area contributed by atoms with Crippen molar-refractivity contribution in [1.29, 1.82) is 0 Å². The molecule has 0 atom stereocenters. The zero-order valence-electron chi connectivity index (χ0n) is 9.77. The number of thiazole rings is 1. The summed E-state index contributed by atoms with van der Waals surface area (Å²) >= 11 is 1.58. The van der Waals surface area contributed by atoms with Crippen LogP contribution in [0.3, 0.4) is 0 Å². The van der Waals surface area contributed by atoms with Gasteiger partial charge in [0.1, 0.15) is 0 Å². The molecule has 0 aliphatic carbocycles. The van der Waals surface area contributed by atoms with Gasteiger partial charge in [0.2, 0.25) is 0 Å². The number of unbranched alkanes of at least 4 members (excludes halogenated alkanes) is 1. The Labute approximate surface area is 104 Å². The molecule has 0 saturated carbocycles. The highest BCUT2D eigenvalue weighted by molar-refractivity contribution is 7.15. The zero-order valence-corrected chi connectivity index (χ0v) is 10.6. The predicted molar refractivity (Wildman–Crippen MR) is 68.2 cm³/mol. The lowest BCUT2D eigenvalue weighted by molar-refractivity contribution is 0.240. The molecule has 2 aromatic heterocycles. The van der Waals surface area contributed by atoms with E-state index in [0.29, 0.717) is 6.54 Å². The first-order valence-corrected chi connectivity index (χ1v) is 6.60. The molecule has 2 aromatic rings. The smallest absolute Gasteiger partial charge is 0.315 e. The minimum atomic E-state index is -0.130. The Morgan fingerprint density at radius 3 is 3.18 bits per heavy atom. The minimum absolute atomic E-state index is 0.130. The van der Waals surface area contributed by atoms with Crippen molar-refractivity contribution in [3.63, 3.8) is 0 Å². The van der Waals surface area contributed by atoms with Crippen LogP contribution in [-0.4, -0.2) is 22.0 Å². The summed E-state index contributed by atoms with van der Waals surface area (Å²) in [4.78, 5) is 16.7. The summed E-state index contributed by atoms with van der Waals surface area (Å²) in [5.74, 6) is 0. The Kier molecular flexibility index (Phi) is 3.98. The maximum Gasteiger partial charge on any atom is 0.315 e. The molecular formula is C11H16N4OS. The standard InChI is InChI=1S/C11H16N4OS/c1-2-3-4-12-10(16)13-7-9-8-15-5-6-17-11(15)14-9/h5-6,8H,2-4,7H2,1H3,(H2,12,13,16). The number of carbonyl (C=O) groups is 1. The molecule has 92 valence electrons. The lowest BCUT2D eigenvalue weighted by Gasteiger charge is -2.04. The van der Waals surface area contributed by atoms with E-state index < -0.39 is 0 Å². The van der Waals surface area contributed by atoms with Crippen LogP contribution in [0.15, 0.2) is 17.8 Å². The van der Waals surface area contributed by atoms with Crippen molar-refractivity contribution in [3.8, 4) is 0 Å². The molecule has 5 nitrogen and oxygen atoms in total. The van der Waals surface area contributed by atoms with Crippen molar-refractivity contribution >= 4 is 22.3 Å². The normalized spacial score (nSPS) is 10.6. The molecule has 6 heteroatoms. The van der Waals surface area contributed by atoms with Gasteiger partial charge in [0, 0.05) is 24.3 Å². The Bertz CT molecular complexity index is 462. The molecule has 0 fully saturated rings. The molecule has 2 heterocycles. The van der Waals surface area contributed by atoms with Gasteiger partial charge in [0.05, 0.1) is 12.2 Å². The number of nitrogens with one attached hydrogen (secondary N) is 2. The van der Waals surface area contributed by atoms with E-state index in [1.165, 1.54) is 0 Å². The fraction of sp³-hybridized carbons (Fsp3) is 0.455. The van der Waals surface area contributed by atoms with Gasteiger partial charge in [-0.3, -0.25) is 4.40 Å². The fourth-order valence-electron chi connectivity index (χ4n) is 1.47. The van der Waals surface area contributed by atoms with Crippen LogP contribution in [0.1, 0.15) is 25.5 Å². The van der Waals surface area contributed by atoms with Crippen molar-refractivity contribution in [2.45, 2.75) is 26.3 Å². The van der Waals surface area contributed by atoms with E-state index in [9.17, 15) is 4.79 Å². The number of hydrogen-bond acceptors (Lipinski definition) is 3. The molecular weight excluding hydrogens is 236 g/mol. The second-order valence-electron chi connectivity index (χ2n) is 3.79. The molecule has 0 aromatic carbocycles. The molecule has 0 spiro atoms. The van der Waals surface area contributed by atoms with Crippen molar-refractivity contribution < 1.29 is 4.79 Å². The lowest BCUT2D eigenvalue weighted by atomic mass is 10.3. The number of aromatic nitrogens is 2. The van der Waals surface area contributed by atoms with Gasteiger partial charge in [-0.1, -0.05) is 13.3 Å². The van der Waals surface area contributed by atoms with Gasteiger partial charge >= 0.3 is 6.03 Å². The summed E-state index contributed by atoms with van der Waals surface area (Å²) in [6, 6.07) is -0.130. The second kappa shape index (κ2) is 5.67. The molecule has 0 aliphatic heterocycles. The van der Waals surface area contributed by atoms with E-state index in [1.54, 1.807) is 11.3 Å². The fourth-order valence-corrected chi connectivity index (χ4v) is 2.19. The quantitative estimate of drug-likeness (QED) is 0.800. The van der Waals surface area contributed by atoms with Crippen LogP contribution in [0.2, 0.25) is 0 Å². The van der Waals surface area contributed by atoms with Crippen molar-refractivity contribution in [1.82, 2.24) is 20.0 Å². The van der Waals surface area contributed by atoms with E-state index in [-0.39, 0.29) is 6.03 Å². The van der Waals surface area contributed by atoms with Gasteiger partial charge in [-0.05, 0) is 6.42 Å². The first kappa shape index (κ1) is 11.9. The Morgan fingerprint density at radius 2 is 2.41 bits per heavy atom. The molecule has 17 heavy (non-hydrogen) atoms. The van der Waals surface area contributed by atoms with Gasteiger partial charge in [0.15, 0.2) is 4.96 Å². The number of fused-ring (bicyclic) bond motifs is 1. The third-order valence-corrected chi connectivity index (χ3v) is 3.16. The highest BCUT2D eigenvalue weighted by Crippen LogP contribution is 2.10. The zero-order chi connectivity index (χ0) is 12.1. The molecule has 0 saturated heterocycles. The van der Waals surface area contributed by atoms with Crippen LogP contribution in [0.4, 0.5) is 4.79 Å². The monoisotopic (exact) mass is 252 g/mol. The number of hydrogen-bond donors (Lipinski definition) is 2. The molecule has 0 radical (unpaired) electrons. The van der Waals surface area contributed by atoms with Crippen molar-refractivity contribution in [2.75, 3.05) is 6.54 Å². The van der Waals surface area contributed by atoms with E-state index >= 15 is 0 Å². The third kappa shape index (κ3) is 3.20. The van der Waals surface area contributed by atoms with Crippen molar-refractivity contribution in [3.05, 3.63) is 23.5 Å². The van der Waals surface area contributed by atoms with Gasteiger partial charge in [0.25, 0.3) is 0 Å². The number of carbonyl (C=O) groups excluding carboxylic acids is 1. The molecule has 0 aliphatic rings. The summed E-state index contributed by atoms with van der Waals surface area (Å²) < 4.78 is 1.96. The van der Waals surface area contributed by atoms with Crippen LogP contribution in [0.5, 0.6) is 0 Å². The van der Waals surface area contributed by atoms with Gasteiger partial charge in [-0.2, -0.15) is 0 Å². The number of urea groups is 1. The maximum absolute atomic E-state index is 11.4. The Morgan fingerprint density at radius 1 is 1.53 bits per heavy atom. The summed E-state index contributed by atoms with van der Waals surface area (Å²) in [7, 11) is 0. The third-order valence-electron chi connectivity index (χ3n) is 2.39. The van der Waals surface area contributed by atoms with Gasteiger partial charge in [-0.15, -0.1) is 11.3 Å². The largest absolute Gasteiger partial charge is 0.338 e. The first-order valence-electron chi connectivity index (χ1n) is 5.72. The first-order chi connectivity index (χ1) is 8.29. The number of amides is 2. The molecule has 2 amide bonds. The highest BCUT2D eigenvalue weighted by Gasteiger charge is 2.04. The van der Waals surface area contributed by atoms with E-state index in [1.807, 2.05) is 22.2 Å². The highest BCUT2D eigenvalue weighted by atomic mass is 32.1. The molecule has 0 unspecified atom stereocenters. The summed E-state index contributed by atoms with van der Waals surface area (Å²) in [5, 5.41) is 7.57. The average Bonchev–Trinajstić information content (AvgIpc) is 2.86. The van der Waals surface area contributed by atoms with E-state index in [0.717, 1.165) is 30.0 Å². The van der Waals surface area contributed by atoms with Crippen LogP contribution >= 0.6 is 11.3 Å². The van der Waals surface area contributed by atoms with Crippen LogP contribution < -0.4 is 10.6 Å². The predicted octanol–water partition coefficient (Wildman–Crippen LogP) is 2.00. The topological polar surface area (TPSA) is 58.4 Å². The molecule has 0 bridgehead atoms. The SMILES string of the molecule is CCCCNC(=O)NCc1cn2ccsc2n1. The number of imidazole rings is 1. The van der Waals surface area contributed by atoms with E-state index in [4.69, 9.17) is 0 Å². The average molecular weight is 252 g/mol. The second-order valence-corrected chi connectivity index (χ2v) is 4.66. The molecule has 2 rings (SSSR count). The number of nitrogens with zero attached hydrogens (tertiary/aromatic N) is 2. The van der Waals surface area contributed by atoms with Gasteiger partial charge in [-0.25, -0.2) is 9.78 Å². The Balaban J connectivity index is 1.78. The summed E-state index contributed by atoms with van der Waals surface area (Å²) in [5.41, 5.74) is 0.877. The lowest BCUT2D eigenvalue weighted by Crippen LogP contribution is -2.35. The van der Waals surface area contributed by atoms with Crippen LogP contribution in [0.25, 0.3) is 4.96 Å². The molecule has 2 N–H and O–H groups in total. The van der Waals surface area contributed by atoms with Crippen LogP contribution in [0, 0.1) is 0 Å². The van der Waals surface area contributed by atoms with Crippen molar-refractivity contribution in [2.24, 2.45) is 0 Å². The van der Waals surface area contributed by atoms with Gasteiger partial charge < -0.3 is 10.6 Å². The summed E-state index contributed by atoms with van der Waals surface area (Å²) in [6.07, 6.45) is 5.97. The van der Waals surface area contributed by atoms with E-state index in [2.05, 4.69) is 22.5 Å². The minimum Gasteiger partial charge on any atom is -0.338 e. The number of rotatable bonds is 5.